The largest absolute Gasteiger partial charge is 0.493 e. The molecule has 0 radical (unpaired) electrons. The molecule has 3 aromatic rings. The highest BCUT2D eigenvalue weighted by Gasteiger charge is 2.24. The molecule has 0 amide bonds. The highest BCUT2D eigenvalue weighted by atomic mass is 79.9. The fraction of sp³-hybridized carbons (Fsp3) is 0.120. The molecule has 1 heterocycles. The minimum atomic E-state index is -0.492. The predicted octanol–water partition coefficient (Wildman–Crippen LogP) is 5.69. The first-order valence-corrected chi connectivity index (χ1v) is 10.5. The van der Waals surface area contributed by atoms with Crippen molar-refractivity contribution in [3.05, 3.63) is 99.2 Å². The van der Waals surface area contributed by atoms with E-state index in [2.05, 4.69) is 20.9 Å². The standard InChI is InChI=1S/C25H20BrNO4/c1-16-6-3-4-7-19(16)15-30-23-13-17(10-11-22(23)29-2)12-21-25(28)31-24(27-21)18-8-5-9-20(26)14-18/h3-14H,15H2,1-2H3/b21-12-. The number of esters is 1. The summed E-state index contributed by atoms with van der Waals surface area (Å²) >= 11 is 3.41. The number of nitrogens with zero attached hydrogens (tertiary/aromatic N) is 1. The second-order valence-electron chi connectivity index (χ2n) is 6.97. The Balaban J connectivity index is 1.59. The van der Waals surface area contributed by atoms with Crippen LogP contribution in [0.4, 0.5) is 0 Å². The van der Waals surface area contributed by atoms with Crippen molar-refractivity contribution in [2.75, 3.05) is 7.11 Å². The van der Waals surface area contributed by atoms with E-state index in [0.717, 1.165) is 26.7 Å². The van der Waals surface area contributed by atoms with Gasteiger partial charge < -0.3 is 14.2 Å². The maximum atomic E-state index is 12.3. The van der Waals surface area contributed by atoms with Crippen LogP contribution in [-0.4, -0.2) is 19.0 Å². The predicted molar refractivity (Wildman–Crippen MR) is 123 cm³/mol. The van der Waals surface area contributed by atoms with E-state index in [1.165, 1.54) is 0 Å². The molecule has 0 fully saturated rings. The molecule has 0 atom stereocenters. The van der Waals surface area contributed by atoms with Gasteiger partial charge in [0.1, 0.15) is 6.61 Å². The van der Waals surface area contributed by atoms with E-state index in [-0.39, 0.29) is 11.6 Å². The number of ether oxygens (including phenoxy) is 3. The number of halogens is 1. The molecule has 0 aliphatic carbocycles. The van der Waals surface area contributed by atoms with Crippen molar-refractivity contribution in [2.24, 2.45) is 4.99 Å². The summed E-state index contributed by atoms with van der Waals surface area (Å²) in [6, 6.07) is 21.0. The number of rotatable bonds is 6. The van der Waals surface area contributed by atoms with Crippen LogP contribution in [0, 0.1) is 6.92 Å². The number of aryl methyl sites for hydroxylation is 1. The monoisotopic (exact) mass is 477 g/mol. The van der Waals surface area contributed by atoms with E-state index in [1.807, 2.05) is 67.6 Å². The molecule has 31 heavy (non-hydrogen) atoms. The number of hydrogen-bond acceptors (Lipinski definition) is 5. The first-order chi connectivity index (χ1) is 15.0. The van der Waals surface area contributed by atoms with E-state index in [9.17, 15) is 4.79 Å². The molecule has 0 N–H and O–H groups in total. The lowest BCUT2D eigenvalue weighted by atomic mass is 10.1. The Morgan fingerprint density at radius 2 is 1.87 bits per heavy atom. The lowest BCUT2D eigenvalue weighted by Crippen LogP contribution is -2.05. The van der Waals surface area contributed by atoms with Gasteiger partial charge in [-0.2, -0.15) is 0 Å². The second kappa shape index (κ2) is 9.18. The molecular weight excluding hydrogens is 458 g/mol. The van der Waals surface area contributed by atoms with Gasteiger partial charge in [0.15, 0.2) is 17.2 Å². The average Bonchev–Trinajstić information content (AvgIpc) is 3.13. The Bertz CT molecular complexity index is 1200. The third-order valence-electron chi connectivity index (χ3n) is 4.83. The summed E-state index contributed by atoms with van der Waals surface area (Å²) in [6.07, 6.45) is 1.67. The zero-order chi connectivity index (χ0) is 21.8. The van der Waals surface area contributed by atoms with Crippen LogP contribution in [-0.2, 0) is 16.1 Å². The number of hydrogen-bond donors (Lipinski definition) is 0. The normalized spacial score (nSPS) is 14.4. The Morgan fingerprint density at radius 1 is 1.03 bits per heavy atom. The minimum absolute atomic E-state index is 0.227. The number of methoxy groups -OCH3 is 1. The van der Waals surface area contributed by atoms with Crippen LogP contribution in [0.2, 0.25) is 0 Å². The van der Waals surface area contributed by atoms with Crippen LogP contribution in [0.1, 0.15) is 22.3 Å². The molecule has 0 spiro atoms. The quantitative estimate of drug-likeness (QED) is 0.338. The van der Waals surface area contributed by atoms with Gasteiger partial charge in [0.05, 0.1) is 7.11 Å². The zero-order valence-corrected chi connectivity index (χ0v) is 18.7. The molecule has 0 saturated heterocycles. The molecule has 0 saturated carbocycles. The van der Waals surface area contributed by atoms with Gasteiger partial charge in [-0.3, -0.25) is 0 Å². The molecule has 0 aromatic heterocycles. The smallest absolute Gasteiger partial charge is 0.363 e. The SMILES string of the molecule is COc1ccc(/C=C2\N=C(c3cccc(Br)c3)OC2=O)cc1OCc1ccccc1C. The van der Waals surface area contributed by atoms with Crippen molar-refractivity contribution in [3.8, 4) is 11.5 Å². The van der Waals surface area contributed by atoms with Crippen molar-refractivity contribution in [1.29, 1.82) is 0 Å². The summed E-state index contributed by atoms with van der Waals surface area (Å²) in [4.78, 5) is 16.7. The molecule has 4 rings (SSSR count). The lowest BCUT2D eigenvalue weighted by molar-refractivity contribution is -0.129. The average molecular weight is 478 g/mol. The zero-order valence-electron chi connectivity index (χ0n) is 17.1. The molecule has 156 valence electrons. The van der Waals surface area contributed by atoms with Crippen molar-refractivity contribution >= 4 is 33.9 Å². The van der Waals surface area contributed by atoms with E-state index >= 15 is 0 Å². The molecule has 1 aliphatic heterocycles. The fourth-order valence-electron chi connectivity index (χ4n) is 3.14. The molecule has 1 aliphatic rings. The molecule has 0 bridgehead atoms. The Hall–Kier alpha value is -3.38. The highest BCUT2D eigenvalue weighted by molar-refractivity contribution is 9.10. The molecule has 3 aromatic carbocycles. The first-order valence-electron chi connectivity index (χ1n) is 9.67. The number of aliphatic imine (C=N–C) groups is 1. The maximum Gasteiger partial charge on any atom is 0.363 e. The topological polar surface area (TPSA) is 57.1 Å². The molecule has 6 heteroatoms. The maximum absolute atomic E-state index is 12.3. The Labute approximate surface area is 189 Å². The van der Waals surface area contributed by atoms with Gasteiger partial charge in [0, 0.05) is 10.0 Å². The van der Waals surface area contributed by atoms with Crippen LogP contribution >= 0.6 is 15.9 Å². The van der Waals surface area contributed by atoms with Gasteiger partial charge in [-0.05, 0) is 60.0 Å². The van der Waals surface area contributed by atoms with Gasteiger partial charge in [0.25, 0.3) is 0 Å². The van der Waals surface area contributed by atoms with Crippen LogP contribution in [0.3, 0.4) is 0 Å². The third-order valence-corrected chi connectivity index (χ3v) is 5.32. The Kier molecular flexibility index (Phi) is 6.18. The summed E-state index contributed by atoms with van der Waals surface area (Å²) in [7, 11) is 1.59. The van der Waals surface area contributed by atoms with Crippen molar-refractivity contribution in [1.82, 2.24) is 0 Å². The van der Waals surface area contributed by atoms with E-state index in [0.29, 0.717) is 18.1 Å². The van der Waals surface area contributed by atoms with Crippen LogP contribution in [0.15, 0.2) is 81.9 Å². The Morgan fingerprint density at radius 3 is 2.65 bits per heavy atom. The van der Waals surface area contributed by atoms with Crippen LogP contribution in [0.25, 0.3) is 6.08 Å². The molecular formula is C25H20BrNO4. The van der Waals surface area contributed by atoms with E-state index in [1.54, 1.807) is 19.3 Å². The fourth-order valence-corrected chi connectivity index (χ4v) is 3.53. The highest BCUT2D eigenvalue weighted by Crippen LogP contribution is 2.31. The summed E-state index contributed by atoms with van der Waals surface area (Å²) in [5.41, 5.74) is 3.96. The van der Waals surface area contributed by atoms with E-state index in [4.69, 9.17) is 14.2 Å². The molecule has 5 nitrogen and oxygen atoms in total. The van der Waals surface area contributed by atoms with Gasteiger partial charge in [0.2, 0.25) is 5.90 Å². The number of cyclic esters (lactones) is 1. The van der Waals surface area contributed by atoms with Crippen molar-refractivity contribution < 1.29 is 19.0 Å². The van der Waals surface area contributed by atoms with Crippen molar-refractivity contribution in [2.45, 2.75) is 13.5 Å². The lowest BCUT2D eigenvalue weighted by Gasteiger charge is -2.12. The van der Waals surface area contributed by atoms with Crippen molar-refractivity contribution in [3.63, 3.8) is 0 Å². The number of carbonyl (C=O) groups is 1. The van der Waals surface area contributed by atoms with Gasteiger partial charge >= 0.3 is 5.97 Å². The second-order valence-corrected chi connectivity index (χ2v) is 7.89. The third kappa shape index (κ3) is 4.86. The molecule has 0 unspecified atom stereocenters. The van der Waals surface area contributed by atoms with Crippen LogP contribution < -0.4 is 9.47 Å². The van der Waals surface area contributed by atoms with Gasteiger partial charge in [-0.1, -0.05) is 52.3 Å². The summed E-state index contributed by atoms with van der Waals surface area (Å²) < 4.78 is 17.7. The summed E-state index contributed by atoms with van der Waals surface area (Å²) in [5, 5.41) is 0. The first kappa shape index (κ1) is 20.9. The van der Waals surface area contributed by atoms with Crippen LogP contribution in [0.5, 0.6) is 11.5 Å². The summed E-state index contributed by atoms with van der Waals surface area (Å²) in [5.74, 6) is 0.987. The minimum Gasteiger partial charge on any atom is -0.493 e. The van der Waals surface area contributed by atoms with Gasteiger partial charge in [-0.25, -0.2) is 9.79 Å². The van der Waals surface area contributed by atoms with E-state index < -0.39 is 5.97 Å². The number of benzene rings is 3. The number of carbonyl (C=O) groups excluding carboxylic acids is 1. The summed E-state index contributed by atoms with van der Waals surface area (Å²) in [6.45, 7) is 2.46. The van der Waals surface area contributed by atoms with Gasteiger partial charge in [-0.15, -0.1) is 0 Å².